The maximum Gasteiger partial charge on any atom is 0.165 e. The van der Waals surface area contributed by atoms with E-state index >= 15 is 0 Å². The van der Waals surface area contributed by atoms with Gasteiger partial charge in [0, 0.05) is 24.0 Å². The lowest BCUT2D eigenvalue weighted by Crippen LogP contribution is -2.79. The molecule has 7 aliphatic rings. The van der Waals surface area contributed by atoms with Crippen molar-refractivity contribution in [3.05, 3.63) is 57.1 Å². The van der Waals surface area contributed by atoms with E-state index in [1.165, 1.54) is 49.7 Å². The summed E-state index contributed by atoms with van der Waals surface area (Å²) in [5.41, 5.74) is 4.19. The molecule has 40 heavy (non-hydrogen) atoms. The third kappa shape index (κ3) is 3.23. The van der Waals surface area contributed by atoms with Gasteiger partial charge in [0.05, 0.1) is 30.4 Å². The van der Waals surface area contributed by atoms with Crippen LogP contribution in [0.25, 0.3) is 0 Å². The molecule has 2 aromatic rings. The number of fused-ring (bicyclic) bond motifs is 2. The zero-order chi connectivity index (χ0) is 27.5. The number of benzene rings is 2. The fourth-order valence-electron chi connectivity index (χ4n) is 10.9. The Balaban J connectivity index is 1.21. The second-order valence-corrected chi connectivity index (χ2v) is 15.0. The van der Waals surface area contributed by atoms with Gasteiger partial charge in [-0.1, -0.05) is 55.1 Å². The van der Waals surface area contributed by atoms with E-state index in [2.05, 4.69) is 19.1 Å². The Morgan fingerprint density at radius 2 is 1.85 bits per heavy atom. The molecule has 0 radical (unpaired) electrons. The van der Waals surface area contributed by atoms with Gasteiger partial charge in [0.1, 0.15) is 11.7 Å². The van der Waals surface area contributed by atoms with Crippen LogP contribution in [0.2, 0.25) is 10.0 Å². The van der Waals surface area contributed by atoms with Crippen molar-refractivity contribution in [1.82, 2.24) is 0 Å². The SMILES string of the molecule is COc1ccc2c3c1O[C@H]1[C@@]4(OC)CC[C@@]5(C[C@@H]4COCc4ccc(Cl)c(Cl)c4)[C@@H](C2)C(C)(CC2CC2)CC[C@]315. The largest absolute Gasteiger partial charge is 0.493 e. The highest BCUT2D eigenvalue weighted by Crippen LogP contribution is 2.81. The van der Waals surface area contributed by atoms with Crippen molar-refractivity contribution in [3.8, 4) is 11.5 Å². The van der Waals surface area contributed by atoms with Crippen molar-refractivity contribution >= 4 is 23.2 Å². The summed E-state index contributed by atoms with van der Waals surface area (Å²) in [4.78, 5) is 0. The summed E-state index contributed by atoms with van der Waals surface area (Å²) in [7, 11) is 3.68. The van der Waals surface area contributed by atoms with Crippen LogP contribution < -0.4 is 9.47 Å². The van der Waals surface area contributed by atoms with Crippen molar-refractivity contribution in [2.24, 2.45) is 28.6 Å². The molecule has 0 saturated heterocycles. The Morgan fingerprint density at radius 1 is 1.00 bits per heavy atom. The zero-order valence-electron chi connectivity index (χ0n) is 23.9. The van der Waals surface area contributed by atoms with Crippen molar-refractivity contribution in [2.75, 3.05) is 20.8 Å². The van der Waals surface area contributed by atoms with Gasteiger partial charge in [-0.25, -0.2) is 0 Å². The maximum absolute atomic E-state index is 7.17. The molecule has 9 rings (SSSR count). The highest BCUT2D eigenvalue weighted by molar-refractivity contribution is 6.42. The van der Waals surface area contributed by atoms with E-state index < -0.39 is 0 Å². The van der Waals surface area contributed by atoms with Crippen LogP contribution in [0.4, 0.5) is 0 Å². The molecule has 4 bridgehead atoms. The Bertz CT molecular complexity index is 1370. The van der Waals surface area contributed by atoms with E-state index in [9.17, 15) is 0 Å². The molecule has 0 amide bonds. The van der Waals surface area contributed by atoms with Crippen LogP contribution in [-0.4, -0.2) is 32.5 Å². The van der Waals surface area contributed by atoms with E-state index in [0.717, 1.165) is 42.2 Å². The second kappa shape index (κ2) is 8.78. The molecule has 5 saturated carbocycles. The lowest BCUT2D eigenvalue weighted by Gasteiger charge is -2.75. The second-order valence-electron chi connectivity index (χ2n) is 14.1. The number of methoxy groups -OCH3 is 2. The number of halogens is 2. The molecule has 2 spiro atoms. The van der Waals surface area contributed by atoms with Crippen LogP contribution in [0.15, 0.2) is 30.3 Å². The van der Waals surface area contributed by atoms with Crippen molar-refractivity contribution in [2.45, 2.75) is 88.4 Å². The highest BCUT2D eigenvalue weighted by Gasteiger charge is 2.81. The van der Waals surface area contributed by atoms with Crippen LogP contribution in [0.1, 0.15) is 75.0 Å². The van der Waals surface area contributed by atoms with Gasteiger partial charge in [0.25, 0.3) is 0 Å². The number of hydrogen-bond donors (Lipinski definition) is 0. The normalized spacial score (nSPS) is 40.1. The van der Waals surface area contributed by atoms with Crippen LogP contribution in [0.5, 0.6) is 11.5 Å². The number of ether oxygens (including phenoxy) is 4. The Kier molecular flexibility index (Phi) is 5.75. The summed E-state index contributed by atoms with van der Waals surface area (Å²) < 4.78 is 26.3. The van der Waals surface area contributed by atoms with E-state index in [1.54, 1.807) is 7.11 Å². The first kappa shape index (κ1) is 26.2. The molecule has 2 aromatic carbocycles. The molecule has 0 N–H and O–H groups in total. The molecule has 0 aromatic heterocycles. The fourth-order valence-corrected chi connectivity index (χ4v) is 11.2. The molecule has 214 valence electrons. The molecular formula is C34H40Cl2O4. The summed E-state index contributed by atoms with van der Waals surface area (Å²) in [6.45, 7) is 3.80. The minimum Gasteiger partial charge on any atom is -0.493 e. The topological polar surface area (TPSA) is 36.9 Å². The lowest BCUT2D eigenvalue weighted by atomic mass is 9.29. The molecule has 6 aliphatic carbocycles. The minimum atomic E-state index is -0.382. The van der Waals surface area contributed by atoms with Gasteiger partial charge in [-0.2, -0.15) is 0 Å². The summed E-state index contributed by atoms with van der Waals surface area (Å²) in [6, 6.07) is 10.3. The molecule has 5 fully saturated rings. The van der Waals surface area contributed by atoms with E-state index in [-0.39, 0.29) is 28.5 Å². The van der Waals surface area contributed by atoms with Gasteiger partial charge in [-0.05, 0) is 96.9 Å². The smallest absolute Gasteiger partial charge is 0.165 e. The molecule has 1 unspecified atom stereocenters. The summed E-state index contributed by atoms with van der Waals surface area (Å²) in [5, 5.41) is 1.14. The third-order valence-corrected chi connectivity index (χ3v) is 13.3. The van der Waals surface area contributed by atoms with E-state index in [4.69, 9.17) is 42.1 Å². The first-order chi connectivity index (χ1) is 19.3. The van der Waals surface area contributed by atoms with Gasteiger partial charge < -0.3 is 18.9 Å². The predicted molar refractivity (Wildman–Crippen MR) is 157 cm³/mol. The average Bonchev–Trinajstić information content (AvgIpc) is 3.68. The average molecular weight is 584 g/mol. The van der Waals surface area contributed by atoms with Gasteiger partial charge in [-0.15, -0.1) is 0 Å². The summed E-state index contributed by atoms with van der Waals surface area (Å²) in [6.07, 6.45) is 11.2. The quantitative estimate of drug-likeness (QED) is 0.314. The molecule has 7 atom stereocenters. The fraction of sp³-hybridized carbons (Fsp3) is 0.647. The van der Waals surface area contributed by atoms with Crippen molar-refractivity contribution < 1.29 is 18.9 Å². The monoisotopic (exact) mass is 582 g/mol. The van der Waals surface area contributed by atoms with Gasteiger partial charge in [-0.3, -0.25) is 0 Å². The molecule has 1 heterocycles. The lowest BCUT2D eigenvalue weighted by molar-refractivity contribution is -0.294. The van der Waals surface area contributed by atoms with Crippen LogP contribution >= 0.6 is 23.2 Å². The van der Waals surface area contributed by atoms with Crippen LogP contribution in [-0.2, 0) is 27.9 Å². The minimum absolute atomic E-state index is 0.00729. The Labute approximate surface area is 248 Å². The maximum atomic E-state index is 7.17. The van der Waals surface area contributed by atoms with Gasteiger partial charge in [0.15, 0.2) is 11.5 Å². The first-order valence-corrected chi connectivity index (χ1v) is 16.0. The standard InChI is InChI=1S/C34H40Cl2O4/c1-31(16-20-4-5-20)10-12-33-28-22-7-9-26(37-2)29(28)40-30(33)34(38-3)13-11-32(33,27(31)15-22)17-23(34)19-39-18-21-6-8-24(35)25(36)14-21/h6-9,14,20,23,27,30H,4-5,10-13,15-19H2,1-3H3/t23-,27+,30-,31?,32-,33+,34-/m1/s1. The molecule has 1 aliphatic heterocycles. The summed E-state index contributed by atoms with van der Waals surface area (Å²) in [5.74, 6) is 3.72. The third-order valence-electron chi connectivity index (χ3n) is 12.6. The van der Waals surface area contributed by atoms with Crippen molar-refractivity contribution in [1.29, 1.82) is 0 Å². The Morgan fingerprint density at radius 3 is 2.60 bits per heavy atom. The number of hydrogen-bond acceptors (Lipinski definition) is 4. The number of rotatable bonds is 8. The molecular weight excluding hydrogens is 543 g/mol. The Hall–Kier alpha value is -1.46. The van der Waals surface area contributed by atoms with Crippen molar-refractivity contribution in [3.63, 3.8) is 0 Å². The zero-order valence-corrected chi connectivity index (χ0v) is 25.4. The van der Waals surface area contributed by atoms with Crippen LogP contribution in [0, 0.1) is 28.6 Å². The van der Waals surface area contributed by atoms with Crippen LogP contribution in [0.3, 0.4) is 0 Å². The summed E-state index contributed by atoms with van der Waals surface area (Å²) >= 11 is 12.5. The van der Waals surface area contributed by atoms with Gasteiger partial charge >= 0.3 is 0 Å². The first-order valence-electron chi connectivity index (χ1n) is 15.2. The van der Waals surface area contributed by atoms with E-state index in [1.807, 2.05) is 25.3 Å². The van der Waals surface area contributed by atoms with E-state index in [0.29, 0.717) is 34.6 Å². The van der Waals surface area contributed by atoms with Gasteiger partial charge in [0.2, 0.25) is 0 Å². The molecule has 4 nitrogen and oxygen atoms in total. The molecule has 6 heteroatoms. The predicted octanol–water partition coefficient (Wildman–Crippen LogP) is 8.18. The highest BCUT2D eigenvalue weighted by atomic mass is 35.5.